The molecular weight excluding hydrogens is 489 g/mol. The number of hydrogen-bond donors (Lipinski definition) is 2. The molecule has 0 unspecified atom stereocenters. The highest BCUT2D eigenvalue weighted by Gasteiger charge is 2.29. The molecule has 2 N–H and O–H groups in total. The number of phenols is 1. The van der Waals surface area contributed by atoms with Gasteiger partial charge < -0.3 is 20.0 Å². The number of phenolic OH excluding ortho intramolecular Hbond substituents is 1. The first-order valence-electron chi connectivity index (χ1n) is 11.3. The minimum absolute atomic E-state index is 0.366. The lowest BCUT2D eigenvalue weighted by Gasteiger charge is -2.37. The van der Waals surface area contributed by atoms with Crippen LogP contribution in [0.3, 0.4) is 0 Å². The first kappa shape index (κ1) is 23.8. The first-order valence-corrected chi connectivity index (χ1v) is 12.3. The number of likely N-dealkylation sites (tertiary alicyclic amines) is 2. The van der Waals surface area contributed by atoms with Crippen LogP contribution in [0.5, 0.6) is 5.75 Å². The van der Waals surface area contributed by atoms with E-state index in [9.17, 15) is 10.2 Å². The molecule has 5 nitrogen and oxygen atoms in total. The lowest BCUT2D eigenvalue weighted by molar-refractivity contribution is 0.0350. The molecule has 0 atom stereocenters. The van der Waals surface area contributed by atoms with Gasteiger partial charge in [-0.05, 0) is 80.8 Å². The number of benzene rings is 1. The SMILES string of the molecule is CCN(CC)C1CCN(Cc2cc(C#CC3(O)CCN(C)CC3)cc(I)c2O)CC1. The van der Waals surface area contributed by atoms with E-state index in [1.807, 2.05) is 12.1 Å². The van der Waals surface area contributed by atoms with Gasteiger partial charge in [0.15, 0.2) is 0 Å². The fraction of sp³-hybridized carbons (Fsp3) is 0.667. The van der Waals surface area contributed by atoms with Crippen molar-refractivity contribution in [2.45, 2.75) is 57.7 Å². The van der Waals surface area contributed by atoms with Crippen LogP contribution in [0.15, 0.2) is 12.1 Å². The van der Waals surface area contributed by atoms with Crippen LogP contribution in [-0.4, -0.2) is 82.9 Å². The molecule has 3 rings (SSSR count). The maximum atomic E-state index is 10.8. The van der Waals surface area contributed by atoms with Gasteiger partial charge in [-0.1, -0.05) is 25.7 Å². The average molecular weight is 525 g/mol. The summed E-state index contributed by atoms with van der Waals surface area (Å²) in [5.41, 5.74) is 0.905. The number of piperidine rings is 2. The molecule has 1 aromatic carbocycles. The van der Waals surface area contributed by atoms with Gasteiger partial charge >= 0.3 is 0 Å². The molecule has 0 bridgehead atoms. The largest absolute Gasteiger partial charge is 0.507 e. The van der Waals surface area contributed by atoms with Gasteiger partial charge in [0.2, 0.25) is 0 Å². The Labute approximate surface area is 195 Å². The average Bonchev–Trinajstić information content (AvgIpc) is 2.74. The minimum Gasteiger partial charge on any atom is -0.507 e. The van der Waals surface area contributed by atoms with E-state index in [0.29, 0.717) is 24.6 Å². The van der Waals surface area contributed by atoms with E-state index in [2.05, 4.69) is 70.0 Å². The molecule has 2 aliphatic rings. The fourth-order valence-electron chi connectivity index (χ4n) is 4.57. The molecule has 0 spiro atoms. The summed E-state index contributed by atoms with van der Waals surface area (Å²) in [6, 6.07) is 4.59. The smallest absolute Gasteiger partial charge is 0.133 e. The molecular formula is C24H36IN3O2. The Kier molecular flexibility index (Phi) is 8.45. The Hall–Kier alpha value is -0.850. The Morgan fingerprint density at radius 2 is 1.77 bits per heavy atom. The highest BCUT2D eigenvalue weighted by molar-refractivity contribution is 14.1. The summed E-state index contributed by atoms with van der Waals surface area (Å²) in [5, 5.41) is 21.4. The third-order valence-corrected chi connectivity index (χ3v) is 7.50. The van der Waals surface area contributed by atoms with Crippen LogP contribution in [0.4, 0.5) is 0 Å². The second-order valence-corrected chi connectivity index (χ2v) is 9.94. The highest BCUT2D eigenvalue weighted by Crippen LogP contribution is 2.29. The van der Waals surface area contributed by atoms with Gasteiger partial charge in [0.05, 0.1) is 3.57 Å². The number of nitrogens with zero attached hydrogens (tertiary/aromatic N) is 3. The quantitative estimate of drug-likeness (QED) is 0.457. The summed E-state index contributed by atoms with van der Waals surface area (Å²) >= 11 is 2.18. The van der Waals surface area contributed by atoms with Crippen LogP contribution in [0.2, 0.25) is 0 Å². The van der Waals surface area contributed by atoms with Crippen LogP contribution in [-0.2, 0) is 6.54 Å². The monoisotopic (exact) mass is 525 g/mol. The number of rotatable bonds is 5. The van der Waals surface area contributed by atoms with Crippen molar-refractivity contribution in [1.29, 1.82) is 0 Å². The zero-order valence-electron chi connectivity index (χ0n) is 18.6. The van der Waals surface area contributed by atoms with Gasteiger partial charge in [0.1, 0.15) is 11.4 Å². The fourth-order valence-corrected chi connectivity index (χ4v) is 5.26. The maximum absolute atomic E-state index is 10.8. The molecule has 0 amide bonds. The first-order chi connectivity index (χ1) is 14.3. The number of halogens is 1. The Balaban J connectivity index is 1.67. The van der Waals surface area contributed by atoms with Crippen LogP contribution in [0.1, 0.15) is 50.7 Å². The Morgan fingerprint density at radius 1 is 1.13 bits per heavy atom. The second-order valence-electron chi connectivity index (χ2n) is 8.78. The topological polar surface area (TPSA) is 50.2 Å². The van der Waals surface area contributed by atoms with Crippen LogP contribution < -0.4 is 0 Å². The van der Waals surface area contributed by atoms with E-state index >= 15 is 0 Å². The highest BCUT2D eigenvalue weighted by atomic mass is 127. The third-order valence-electron chi connectivity index (χ3n) is 6.68. The lowest BCUT2D eigenvalue weighted by atomic mass is 9.92. The van der Waals surface area contributed by atoms with E-state index in [-0.39, 0.29) is 0 Å². The molecule has 2 heterocycles. The van der Waals surface area contributed by atoms with Gasteiger partial charge in [-0.25, -0.2) is 0 Å². The molecule has 0 radical (unpaired) electrons. The number of aliphatic hydroxyl groups is 1. The van der Waals surface area contributed by atoms with Crippen molar-refractivity contribution in [2.75, 3.05) is 46.3 Å². The summed E-state index contributed by atoms with van der Waals surface area (Å²) in [6.45, 7) is 11.3. The molecule has 0 aromatic heterocycles. The molecule has 30 heavy (non-hydrogen) atoms. The Morgan fingerprint density at radius 3 is 2.37 bits per heavy atom. The molecule has 166 valence electrons. The zero-order valence-corrected chi connectivity index (χ0v) is 20.8. The van der Waals surface area contributed by atoms with Crippen LogP contribution in [0.25, 0.3) is 0 Å². The van der Waals surface area contributed by atoms with Crippen molar-refractivity contribution in [1.82, 2.24) is 14.7 Å². The van der Waals surface area contributed by atoms with Crippen LogP contribution >= 0.6 is 22.6 Å². The zero-order chi connectivity index (χ0) is 21.7. The lowest BCUT2D eigenvalue weighted by Crippen LogP contribution is -2.44. The van der Waals surface area contributed by atoms with Crippen molar-refractivity contribution in [2.24, 2.45) is 0 Å². The Bertz CT molecular complexity index is 769. The molecule has 6 heteroatoms. The minimum atomic E-state index is -0.900. The standard InChI is InChI=1S/C24H36IN3O2/c1-4-28(5-2)21-7-12-27(13-8-21)18-20-16-19(17-22(25)23(20)29)6-9-24(30)10-14-26(3)15-11-24/h16-17,21,29-30H,4-5,7-8,10-15,18H2,1-3H3. The van der Waals surface area contributed by atoms with Gasteiger partial charge in [-0.15, -0.1) is 0 Å². The third kappa shape index (κ3) is 6.10. The molecule has 2 fully saturated rings. The maximum Gasteiger partial charge on any atom is 0.133 e. The summed E-state index contributed by atoms with van der Waals surface area (Å²) in [6.07, 6.45) is 3.72. The summed E-state index contributed by atoms with van der Waals surface area (Å²) in [7, 11) is 2.08. The molecule has 0 saturated carbocycles. The van der Waals surface area contributed by atoms with Crippen LogP contribution in [0, 0.1) is 15.4 Å². The number of aromatic hydroxyl groups is 1. The predicted octanol–water partition coefficient (Wildman–Crippen LogP) is 3.11. The van der Waals surface area contributed by atoms with E-state index < -0.39 is 5.60 Å². The summed E-state index contributed by atoms with van der Waals surface area (Å²) in [5.74, 6) is 6.68. The molecule has 2 saturated heterocycles. The van der Waals surface area contributed by atoms with Crippen molar-refractivity contribution in [3.05, 3.63) is 26.8 Å². The van der Waals surface area contributed by atoms with Gasteiger partial charge in [-0.2, -0.15) is 0 Å². The predicted molar refractivity (Wildman–Crippen MR) is 131 cm³/mol. The van der Waals surface area contributed by atoms with Gasteiger partial charge in [0, 0.05) is 49.6 Å². The van der Waals surface area contributed by atoms with Gasteiger partial charge in [0.25, 0.3) is 0 Å². The molecule has 2 aliphatic heterocycles. The van der Waals surface area contributed by atoms with Crippen molar-refractivity contribution >= 4 is 22.6 Å². The van der Waals surface area contributed by atoms with Crippen molar-refractivity contribution in [3.8, 4) is 17.6 Å². The van der Waals surface area contributed by atoms with Gasteiger partial charge in [-0.3, -0.25) is 4.90 Å². The molecule has 1 aromatic rings. The summed E-state index contributed by atoms with van der Waals surface area (Å²) < 4.78 is 0.822. The number of hydrogen-bond acceptors (Lipinski definition) is 5. The van der Waals surface area contributed by atoms with E-state index in [1.54, 1.807) is 0 Å². The van der Waals surface area contributed by atoms with E-state index in [4.69, 9.17) is 0 Å². The molecule has 0 aliphatic carbocycles. The summed E-state index contributed by atoms with van der Waals surface area (Å²) in [4.78, 5) is 7.22. The van der Waals surface area contributed by atoms with E-state index in [0.717, 1.165) is 60.5 Å². The van der Waals surface area contributed by atoms with E-state index in [1.165, 1.54) is 12.8 Å². The normalized spacial score (nSPS) is 20.9. The second kappa shape index (κ2) is 10.6. The van der Waals surface area contributed by atoms with Crippen molar-refractivity contribution in [3.63, 3.8) is 0 Å². The van der Waals surface area contributed by atoms with Crippen molar-refractivity contribution < 1.29 is 10.2 Å².